The van der Waals surface area contributed by atoms with Crippen LogP contribution in [-0.4, -0.2) is 46.3 Å². The molecule has 0 aliphatic carbocycles. The summed E-state index contributed by atoms with van der Waals surface area (Å²) < 4.78 is 2.11. The van der Waals surface area contributed by atoms with Crippen LogP contribution >= 0.6 is 0 Å². The number of amides is 1. The van der Waals surface area contributed by atoms with Gasteiger partial charge >= 0.3 is 0 Å². The SMILES string of the molecule is C[C@@H](O)CNC(=O)C1CCN(c2nc3ccccc3n2C)CC1. The second-order valence-electron chi connectivity index (χ2n) is 6.32. The summed E-state index contributed by atoms with van der Waals surface area (Å²) in [6, 6.07) is 8.11. The van der Waals surface area contributed by atoms with E-state index < -0.39 is 6.10 Å². The fourth-order valence-electron chi connectivity index (χ4n) is 3.15. The van der Waals surface area contributed by atoms with Crippen LogP contribution in [-0.2, 0) is 11.8 Å². The summed E-state index contributed by atoms with van der Waals surface area (Å²) in [5.41, 5.74) is 2.13. The molecule has 1 atom stereocenters. The number of aliphatic hydroxyl groups is 1. The summed E-state index contributed by atoms with van der Waals surface area (Å²) >= 11 is 0. The number of anilines is 1. The molecule has 0 saturated carbocycles. The third-order valence-electron chi connectivity index (χ3n) is 4.48. The van der Waals surface area contributed by atoms with Gasteiger partial charge in [0.05, 0.1) is 17.1 Å². The maximum atomic E-state index is 12.1. The van der Waals surface area contributed by atoms with Crippen LogP contribution in [0.2, 0.25) is 0 Å². The summed E-state index contributed by atoms with van der Waals surface area (Å²) in [4.78, 5) is 19.1. The van der Waals surface area contributed by atoms with E-state index in [1.54, 1.807) is 6.92 Å². The second kappa shape index (κ2) is 6.58. The van der Waals surface area contributed by atoms with Crippen LogP contribution in [0.5, 0.6) is 0 Å². The molecule has 0 bridgehead atoms. The minimum Gasteiger partial charge on any atom is -0.392 e. The van der Waals surface area contributed by atoms with E-state index in [1.807, 2.05) is 25.2 Å². The average Bonchev–Trinajstić information content (AvgIpc) is 2.90. The number of aryl methyl sites for hydroxylation is 1. The first-order valence-corrected chi connectivity index (χ1v) is 8.18. The summed E-state index contributed by atoms with van der Waals surface area (Å²) in [5.74, 6) is 1.05. The summed E-state index contributed by atoms with van der Waals surface area (Å²) in [6.07, 6.45) is 1.13. The van der Waals surface area contributed by atoms with Gasteiger partial charge in [-0.2, -0.15) is 0 Å². The van der Waals surface area contributed by atoms with Crippen LogP contribution in [0.3, 0.4) is 0 Å². The normalized spacial score (nSPS) is 17.4. The molecular formula is C17H24N4O2. The lowest BCUT2D eigenvalue weighted by molar-refractivity contribution is -0.126. The molecule has 1 aliphatic heterocycles. The monoisotopic (exact) mass is 316 g/mol. The van der Waals surface area contributed by atoms with E-state index in [2.05, 4.69) is 20.9 Å². The van der Waals surface area contributed by atoms with E-state index in [4.69, 9.17) is 4.98 Å². The molecule has 1 aromatic carbocycles. The Bertz CT molecular complexity index is 687. The molecule has 2 N–H and O–H groups in total. The van der Waals surface area contributed by atoms with Crippen LogP contribution in [0.15, 0.2) is 24.3 Å². The van der Waals surface area contributed by atoms with Crippen molar-refractivity contribution in [3.05, 3.63) is 24.3 Å². The van der Waals surface area contributed by atoms with Crippen LogP contribution < -0.4 is 10.2 Å². The van der Waals surface area contributed by atoms with Gasteiger partial charge in [0.25, 0.3) is 0 Å². The summed E-state index contributed by atoms with van der Waals surface area (Å²) in [6.45, 7) is 3.65. The predicted octanol–water partition coefficient (Wildman–Crippen LogP) is 1.29. The van der Waals surface area contributed by atoms with Crippen molar-refractivity contribution in [1.29, 1.82) is 0 Å². The lowest BCUT2D eigenvalue weighted by Crippen LogP contribution is -2.42. The molecule has 1 saturated heterocycles. The van der Waals surface area contributed by atoms with Gasteiger partial charge in [-0.05, 0) is 31.9 Å². The largest absolute Gasteiger partial charge is 0.392 e. The number of imidazole rings is 1. The summed E-state index contributed by atoms with van der Waals surface area (Å²) in [7, 11) is 2.03. The zero-order valence-electron chi connectivity index (χ0n) is 13.7. The predicted molar refractivity (Wildman–Crippen MR) is 90.3 cm³/mol. The molecule has 6 nitrogen and oxygen atoms in total. The minimum atomic E-state index is -0.501. The number of aliphatic hydroxyl groups excluding tert-OH is 1. The van der Waals surface area contributed by atoms with Crippen LogP contribution in [0.1, 0.15) is 19.8 Å². The fraction of sp³-hybridized carbons (Fsp3) is 0.529. The van der Waals surface area contributed by atoms with E-state index in [-0.39, 0.29) is 11.8 Å². The van der Waals surface area contributed by atoms with Gasteiger partial charge in [0.1, 0.15) is 0 Å². The van der Waals surface area contributed by atoms with Crippen LogP contribution in [0.4, 0.5) is 5.95 Å². The number of fused-ring (bicyclic) bond motifs is 1. The second-order valence-corrected chi connectivity index (χ2v) is 6.32. The molecule has 6 heteroatoms. The zero-order valence-corrected chi connectivity index (χ0v) is 13.7. The van der Waals surface area contributed by atoms with Crippen molar-refractivity contribution in [1.82, 2.24) is 14.9 Å². The van der Waals surface area contributed by atoms with Crippen molar-refractivity contribution in [3.8, 4) is 0 Å². The Labute approximate surface area is 136 Å². The molecule has 1 aromatic heterocycles. The van der Waals surface area contributed by atoms with Crippen molar-refractivity contribution >= 4 is 22.9 Å². The highest BCUT2D eigenvalue weighted by atomic mass is 16.3. The maximum Gasteiger partial charge on any atom is 0.223 e. The molecule has 0 unspecified atom stereocenters. The number of hydrogen-bond acceptors (Lipinski definition) is 4. The Morgan fingerprint density at radius 1 is 1.39 bits per heavy atom. The Kier molecular flexibility index (Phi) is 4.52. The minimum absolute atomic E-state index is 0.0275. The quantitative estimate of drug-likeness (QED) is 0.892. The molecule has 1 amide bonds. The fourth-order valence-corrected chi connectivity index (χ4v) is 3.15. The van der Waals surface area contributed by atoms with E-state index in [0.717, 1.165) is 42.9 Å². The number of carbonyl (C=O) groups is 1. The Hall–Kier alpha value is -2.08. The highest BCUT2D eigenvalue weighted by Gasteiger charge is 2.27. The van der Waals surface area contributed by atoms with Crippen molar-refractivity contribution < 1.29 is 9.90 Å². The third kappa shape index (κ3) is 3.32. The molecule has 0 radical (unpaired) electrons. The lowest BCUT2D eigenvalue weighted by atomic mass is 9.96. The molecular weight excluding hydrogens is 292 g/mol. The first-order chi connectivity index (χ1) is 11.1. The number of para-hydroxylation sites is 2. The molecule has 1 fully saturated rings. The number of nitrogens with one attached hydrogen (secondary N) is 1. The van der Waals surface area contributed by atoms with Gasteiger partial charge in [-0.3, -0.25) is 4.79 Å². The molecule has 3 rings (SSSR count). The number of nitrogens with zero attached hydrogens (tertiary/aromatic N) is 3. The average molecular weight is 316 g/mol. The van der Waals surface area contributed by atoms with Gasteiger partial charge in [-0.1, -0.05) is 12.1 Å². The van der Waals surface area contributed by atoms with Crippen LogP contribution in [0.25, 0.3) is 11.0 Å². The van der Waals surface area contributed by atoms with Crippen LogP contribution in [0, 0.1) is 5.92 Å². The number of carbonyl (C=O) groups excluding carboxylic acids is 1. The molecule has 1 aliphatic rings. The van der Waals surface area contributed by atoms with Gasteiger partial charge in [0, 0.05) is 32.6 Å². The Balaban J connectivity index is 1.64. The third-order valence-corrected chi connectivity index (χ3v) is 4.48. The number of rotatable bonds is 4. The zero-order chi connectivity index (χ0) is 16.4. The first-order valence-electron chi connectivity index (χ1n) is 8.18. The maximum absolute atomic E-state index is 12.1. The number of hydrogen-bond donors (Lipinski definition) is 2. The van der Waals surface area contributed by atoms with E-state index in [0.29, 0.717) is 6.54 Å². The number of aromatic nitrogens is 2. The number of benzene rings is 1. The van der Waals surface area contributed by atoms with Crippen molar-refractivity contribution in [2.75, 3.05) is 24.5 Å². The van der Waals surface area contributed by atoms with Crippen molar-refractivity contribution in [2.45, 2.75) is 25.9 Å². The van der Waals surface area contributed by atoms with E-state index in [1.165, 1.54) is 0 Å². The molecule has 2 aromatic rings. The standard InChI is InChI=1S/C17H24N4O2/c1-12(22)11-18-16(23)13-7-9-21(10-8-13)17-19-14-5-3-4-6-15(14)20(17)2/h3-6,12-13,22H,7-11H2,1-2H3,(H,18,23)/t12-/m1/s1. The highest BCUT2D eigenvalue weighted by molar-refractivity contribution is 5.80. The van der Waals surface area contributed by atoms with Gasteiger partial charge < -0.3 is 19.9 Å². The molecule has 23 heavy (non-hydrogen) atoms. The molecule has 0 spiro atoms. The van der Waals surface area contributed by atoms with Gasteiger partial charge in [-0.15, -0.1) is 0 Å². The highest BCUT2D eigenvalue weighted by Crippen LogP contribution is 2.25. The van der Waals surface area contributed by atoms with Gasteiger partial charge in [-0.25, -0.2) is 4.98 Å². The smallest absolute Gasteiger partial charge is 0.223 e. The summed E-state index contributed by atoms with van der Waals surface area (Å²) in [5, 5.41) is 12.1. The first kappa shape index (κ1) is 15.8. The lowest BCUT2D eigenvalue weighted by Gasteiger charge is -2.32. The van der Waals surface area contributed by atoms with Gasteiger partial charge in [0.15, 0.2) is 0 Å². The topological polar surface area (TPSA) is 70.4 Å². The molecule has 2 heterocycles. The van der Waals surface area contributed by atoms with E-state index >= 15 is 0 Å². The number of piperidine rings is 1. The van der Waals surface area contributed by atoms with Crippen molar-refractivity contribution in [3.63, 3.8) is 0 Å². The van der Waals surface area contributed by atoms with E-state index in [9.17, 15) is 9.90 Å². The molecule has 124 valence electrons. The van der Waals surface area contributed by atoms with Crippen molar-refractivity contribution in [2.24, 2.45) is 13.0 Å². The Morgan fingerprint density at radius 3 is 2.74 bits per heavy atom. The Morgan fingerprint density at radius 2 is 2.09 bits per heavy atom. The van der Waals surface area contributed by atoms with Gasteiger partial charge in [0.2, 0.25) is 11.9 Å².